The summed E-state index contributed by atoms with van der Waals surface area (Å²) >= 11 is 18.3. The minimum absolute atomic E-state index is 0.240. The number of benzene rings is 2. The normalized spacial score (nSPS) is 11.6. The second kappa shape index (κ2) is 6.80. The molecule has 20 heavy (non-hydrogen) atoms. The SMILES string of the molecule is Fc1ccccc1C(CCl)(CCl)Cc1cccc(Cl)c1. The van der Waals surface area contributed by atoms with Gasteiger partial charge in [-0.1, -0.05) is 41.9 Å². The molecule has 0 aliphatic rings. The molecule has 0 atom stereocenters. The van der Waals surface area contributed by atoms with E-state index in [1.54, 1.807) is 24.3 Å². The molecule has 0 aliphatic carbocycles. The third kappa shape index (κ3) is 3.28. The van der Waals surface area contributed by atoms with Gasteiger partial charge in [-0.3, -0.25) is 0 Å². The van der Waals surface area contributed by atoms with Crippen molar-refractivity contribution in [2.75, 3.05) is 11.8 Å². The Morgan fingerprint density at radius 3 is 2.25 bits per heavy atom. The number of halogens is 4. The van der Waals surface area contributed by atoms with Crippen molar-refractivity contribution in [2.24, 2.45) is 0 Å². The molecule has 0 spiro atoms. The Kier molecular flexibility index (Phi) is 5.31. The molecule has 0 heterocycles. The highest BCUT2D eigenvalue weighted by Crippen LogP contribution is 2.33. The molecule has 2 rings (SSSR count). The highest BCUT2D eigenvalue weighted by atomic mass is 35.5. The monoisotopic (exact) mass is 330 g/mol. The Bertz CT molecular complexity index is 579. The van der Waals surface area contributed by atoms with E-state index in [-0.39, 0.29) is 17.6 Å². The van der Waals surface area contributed by atoms with Gasteiger partial charge in [-0.25, -0.2) is 4.39 Å². The molecule has 106 valence electrons. The van der Waals surface area contributed by atoms with Crippen LogP contribution < -0.4 is 0 Å². The maximum absolute atomic E-state index is 14.1. The van der Waals surface area contributed by atoms with Crippen molar-refractivity contribution in [3.63, 3.8) is 0 Å². The minimum atomic E-state index is -0.640. The molecule has 0 fully saturated rings. The summed E-state index contributed by atoms with van der Waals surface area (Å²) < 4.78 is 14.1. The van der Waals surface area contributed by atoms with Crippen molar-refractivity contribution in [1.82, 2.24) is 0 Å². The average Bonchev–Trinajstić information content (AvgIpc) is 2.46. The lowest BCUT2D eigenvalue weighted by molar-refractivity contribution is 0.491. The topological polar surface area (TPSA) is 0 Å². The summed E-state index contributed by atoms with van der Waals surface area (Å²) in [4.78, 5) is 0. The largest absolute Gasteiger partial charge is 0.207 e. The van der Waals surface area contributed by atoms with E-state index in [9.17, 15) is 4.39 Å². The molecule has 0 radical (unpaired) electrons. The Morgan fingerprint density at radius 2 is 1.65 bits per heavy atom. The quantitative estimate of drug-likeness (QED) is 0.640. The fraction of sp³-hybridized carbons (Fsp3) is 0.250. The highest BCUT2D eigenvalue weighted by Gasteiger charge is 2.33. The van der Waals surface area contributed by atoms with Gasteiger partial charge >= 0.3 is 0 Å². The van der Waals surface area contributed by atoms with E-state index >= 15 is 0 Å². The van der Waals surface area contributed by atoms with Crippen molar-refractivity contribution in [3.8, 4) is 0 Å². The van der Waals surface area contributed by atoms with E-state index < -0.39 is 5.41 Å². The van der Waals surface area contributed by atoms with Crippen molar-refractivity contribution in [1.29, 1.82) is 0 Å². The van der Waals surface area contributed by atoms with Gasteiger partial charge in [-0.05, 0) is 35.7 Å². The van der Waals surface area contributed by atoms with Crippen LogP contribution in [0.15, 0.2) is 48.5 Å². The first-order chi connectivity index (χ1) is 9.61. The van der Waals surface area contributed by atoms with E-state index in [1.165, 1.54) is 6.07 Å². The summed E-state index contributed by atoms with van der Waals surface area (Å²) in [6.45, 7) is 0. The number of alkyl halides is 2. The van der Waals surface area contributed by atoms with Crippen molar-refractivity contribution >= 4 is 34.8 Å². The number of rotatable bonds is 5. The Morgan fingerprint density at radius 1 is 0.950 bits per heavy atom. The van der Waals surface area contributed by atoms with Crippen LogP contribution in [-0.4, -0.2) is 11.8 Å². The maximum Gasteiger partial charge on any atom is 0.127 e. The number of hydrogen-bond donors (Lipinski definition) is 0. The fourth-order valence-electron chi connectivity index (χ4n) is 2.30. The molecule has 0 bridgehead atoms. The Labute approximate surface area is 133 Å². The van der Waals surface area contributed by atoms with Crippen LogP contribution >= 0.6 is 34.8 Å². The summed E-state index contributed by atoms with van der Waals surface area (Å²) in [5, 5.41) is 0.647. The molecule has 0 saturated heterocycles. The minimum Gasteiger partial charge on any atom is -0.207 e. The highest BCUT2D eigenvalue weighted by molar-refractivity contribution is 6.30. The van der Waals surface area contributed by atoms with Gasteiger partial charge in [0.1, 0.15) is 5.82 Å². The Hall–Kier alpha value is -0.760. The number of hydrogen-bond acceptors (Lipinski definition) is 0. The molecule has 0 N–H and O–H groups in total. The van der Waals surface area contributed by atoms with Gasteiger partial charge < -0.3 is 0 Å². The molecule has 0 saturated carbocycles. The van der Waals surface area contributed by atoms with Gasteiger partial charge in [0.2, 0.25) is 0 Å². The van der Waals surface area contributed by atoms with Gasteiger partial charge in [0.15, 0.2) is 0 Å². The second-order valence-electron chi connectivity index (χ2n) is 4.83. The van der Waals surface area contributed by atoms with Crippen molar-refractivity contribution < 1.29 is 4.39 Å². The standard InChI is InChI=1S/C16H14Cl3F/c17-10-16(11-18,14-6-1-2-7-15(14)20)9-12-4-3-5-13(19)8-12/h1-8H,9-11H2. The lowest BCUT2D eigenvalue weighted by atomic mass is 9.78. The molecule has 2 aromatic rings. The lowest BCUT2D eigenvalue weighted by Crippen LogP contribution is -2.34. The van der Waals surface area contributed by atoms with E-state index in [4.69, 9.17) is 34.8 Å². The van der Waals surface area contributed by atoms with Gasteiger partial charge in [-0.2, -0.15) is 0 Å². The molecule has 0 unspecified atom stereocenters. The fourth-order valence-corrected chi connectivity index (χ4v) is 3.27. The Balaban J connectivity index is 2.42. The lowest BCUT2D eigenvalue weighted by Gasteiger charge is -2.30. The molecule has 0 aliphatic heterocycles. The summed E-state index contributed by atoms with van der Waals surface area (Å²) in [6.07, 6.45) is 0.543. The summed E-state index contributed by atoms with van der Waals surface area (Å²) in [5.74, 6) is 0.198. The van der Waals surface area contributed by atoms with Crippen LogP contribution in [0.25, 0.3) is 0 Å². The average molecular weight is 332 g/mol. The van der Waals surface area contributed by atoms with Gasteiger partial charge in [0.25, 0.3) is 0 Å². The zero-order valence-corrected chi connectivity index (χ0v) is 13.0. The zero-order valence-electron chi connectivity index (χ0n) is 10.8. The van der Waals surface area contributed by atoms with E-state index in [2.05, 4.69) is 0 Å². The van der Waals surface area contributed by atoms with E-state index in [0.29, 0.717) is 17.0 Å². The first-order valence-electron chi connectivity index (χ1n) is 6.23. The van der Waals surface area contributed by atoms with E-state index in [1.807, 2.05) is 18.2 Å². The van der Waals surface area contributed by atoms with Crippen LogP contribution in [0, 0.1) is 5.82 Å². The first-order valence-corrected chi connectivity index (χ1v) is 7.67. The van der Waals surface area contributed by atoms with E-state index in [0.717, 1.165) is 5.56 Å². The molecule has 0 nitrogen and oxygen atoms in total. The van der Waals surface area contributed by atoms with Crippen LogP contribution in [0.2, 0.25) is 5.02 Å². The predicted octanol–water partition coefficient (Wildman–Crippen LogP) is 5.44. The van der Waals surface area contributed by atoms with Crippen LogP contribution in [-0.2, 0) is 11.8 Å². The van der Waals surface area contributed by atoms with Crippen molar-refractivity contribution in [2.45, 2.75) is 11.8 Å². The summed E-state index contributed by atoms with van der Waals surface area (Å²) in [7, 11) is 0. The molecular formula is C16H14Cl3F. The summed E-state index contributed by atoms with van der Waals surface area (Å²) in [5.41, 5.74) is 0.895. The van der Waals surface area contributed by atoms with Gasteiger partial charge in [0.05, 0.1) is 0 Å². The summed E-state index contributed by atoms with van der Waals surface area (Å²) in [6, 6.07) is 14.1. The molecular weight excluding hydrogens is 318 g/mol. The third-order valence-electron chi connectivity index (χ3n) is 3.39. The van der Waals surface area contributed by atoms with Crippen LogP contribution in [0.5, 0.6) is 0 Å². The smallest absolute Gasteiger partial charge is 0.127 e. The van der Waals surface area contributed by atoms with Crippen LogP contribution in [0.3, 0.4) is 0 Å². The maximum atomic E-state index is 14.1. The van der Waals surface area contributed by atoms with Crippen molar-refractivity contribution in [3.05, 3.63) is 70.5 Å². The van der Waals surface area contributed by atoms with Crippen LogP contribution in [0.4, 0.5) is 4.39 Å². The first kappa shape index (κ1) is 15.6. The molecule has 0 aromatic heterocycles. The van der Waals surface area contributed by atoms with Gasteiger partial charge in [0, 0.05) is 22.2 Å². The second-order valence-corrected chi connectivity index (χ2v) is 5.81. The zero-order chi connectivity index (χ0) is 14.6. The van der Waals surface area contributed by atoms with Crippen LogP contribution in [0.1, 0.15) is 11.1 Å². The molecule has 4 heteroatoms. The molecule has 2 aromatic carbocycles. The third-order valence-corrected chi connectivity index (χ3v) is 4.65. The molecule has 0 amide bonds. The predicted molar refractivity (Wildman–Crippen MR) is 84.7 cm³/mol. The van der Waals surface area contributed by atoms with Gasteiger partial charge in [-0.15, -0.1) is 23.2 Å².